The van der Waals surface area contributed by atoms with E-state index in [9.17, 15) is 0 Å². The van der Waals surface area contributed by atoms with Gasteiger partial charge in [0.2, 0.25) is 0 Å². The average Bonchev–Trinajstić information content (AvgIpc) is 1.97. The summed E-state index contributed by atoms with van der Waals surface area (Å²) in [6.45, 7) is 3.86. The molecule has 0 aromatic carbocycles. The zero-order valence-corrected chi connectivity index (χ0v) is 6.42. The van der Waals surface area contributed by atoms with E-state index in [1.165, 1.54) is 0 Å². The highest BCUT2D eigenvalue weighted by atomic mass is 16.6. The summed E-state index contributed by atoms with van der Waals surface area (Å²) in [7, 11) is 1.78. The van der Waals surface area contributed by atoms with Crippen molar-refractivity contribution in [2.24, 2.45) is 10.1 Å². The van der Waals surface area contributed by atoms with Crippen molar-refractivity contribution in [1.29, 1.82) is 0 Å². The number of rotatable bonds is 6. The maximum atomic E-state index is 4.68. The molecule has 58 valence electrons. The second-order valence-corrected chi connectivity index (χ2v) is 1.90. The number of aliphatic imine (C=N–C) groups is 1. The maximum absolute atomic E-state index is 4.68. The fraction of sp³-hybridized carbons (Fsp3) is 0.714. The third-order valence-corrected chi connectivity index (χ3v) is 1.09. The average molecular weight is 142 g/mol. The van der Waals surface area contributed by atoms with E-state index in [-0.39, 0.29) is 0 Å². The van der Waals surface area contributed by atoms with Crippen LogP contribution in [0, 0.1) is 0 Å². The van der Waals surface area contributed by atoms with Gasteiger partial charge in [0.1, 0.15) is 6.61 Å². The molecule has 0 N–H and O–H groups in total. The summed E-state index contributed by atoms with van der Waals surface area (Å²) in [6, 6.07) is 0. The first-order valence-electron chi connectivity index (χ1n) is 3.40. The van der Waals surface area contributed by atoms with Gasteiger partial charge in [0.25, 0.3) is 0 Å². The summed E-state index contributed by atoms with van der Waals surface area (Å²) in [5.41, 5.74) is 0. The molecular weight excluding hydrogens is 128 g/mol. The molecule has 0 aromatic rings. The Morgan fingerprint density at radius 1 is 1.50 bits per heavy atom. The molecule has 0 fully saturated rings. The standard InChI is InChI=1S/C7H14N2O/c1-8-6-4-3-5-7-10-9-2/h6H,2-5,7H2,1H3. The van der Waals surface area contributed by atoms with E-state index in [4.69, 9.17) is 0 Å². The minimum Gasteiger partial charge on any atom is -0.396 e. The molecule has 0 radical (unpaired) electrons. The normalized spacial score (nSPS) is 10.1. The van der Waals surface area contributed by atoms with Crippen molar-refractivity contribution in [2.45, 2.75) is 19.3 Å². The zero-order valence-electron chi connectivity index (χ0n) is 6.42. The number of hydrogen-bond acceptors (Lipinski definition) is 3. The lowest BCUT2D eigenvalue weighted by Gasteiger charge is -1.94. The Kier molecular flexibility index (Phi) is 7.44. The molecule has 0 unspecified atom stereocenters. The van der Waals surface area contributed by atoms with Crippen LogP contribution in [0.4, 0.5) is 0 Å². The highest BCUT2D eigenvalue weighted by molar-refractivity contribution is 5.56. The van der Waals surface area contributed by atoms with Gasteiger partial charge in [-0.3, -0.25) is 0 Å². The van der Waals surface area contributed by atoms with Crippen molar-refractivity contribution in [1.82, 2.24) is 0 Å². The first kappa shape index (κ1) is 9.14. The van der Waals surface area contributed by atoms with Crippen molar-refractivity contribution >= 4 is 12.9 Å². The lowest BCUT2D eigenvalue weighted by atomic mass is 10.2. The molecule has 0 saturated carbocycles. The Morgan fingerprint density at radius 2 is 2.30 bits per heavy atom. The highest BCUT2D eigenvalue weighted by Gasteiger charge is 1.84. The summed E-state index contributed by atoms with van der Waals surface area (Å²) < 4.78 is 0. The third kappa shape index (κ3) is 7.14. The van der Waals surface area contributed by atoms with E-state index in [1.54, 1.807) is 7.05 Å². The molecule has 0 rings (SSSR count). The first-order valence-corrected chi connectivity index (χ1v) is 3.40. The molecular formula is C7H14N2O. The van der Waals surface area contributed by atoms with Gasteiger partial charge < -0.3 is 9.83 Å². The quantitative estimate of drug-likeness (QED) is 0.314. The molecule has 0 aliphatic heterocycles. The molecule has 0 saturated heterocycles. The number of unbranched alkanes of at least 4 members (excludes halogenated alkanes) is 2. The second kappa shape index (κ2) is 8.14. The van der Waals surface area contributed by atoms with E-state index in [0.717, 1.165) is 19.3 Å². The van der Waals surface area contributed by atoms with Crippen molar-refractivity contribution < 1.29 is 4.84 Å². The van der Waals surface area contributed by atoms with Gasteiger partial charge in [-0.2, -0.15) is 0 Å². The molecule has 0 bridgehead atoms. The van der Waals surface area contributed by atoms with Crippen LogP contribution in [-0.4, -0.2) is 26.6 Å². The van der Waals surface area contributed by atoms with Crippen LogP contribution in [0.2, 0.25) is 0 Å². The molecule has 10 heavy (non-hydrogen) atoms. The Balaban J connectivity index is 2.83. The molecule has 0 atom stereocenters. The summed E-state index contributed by atoms with van der Waals surface area (Å²) in [5, 5.41) is 3.27. The van der Waals surface area contributed by atoms with Crippen molar-refractivity contribution in [3.05, 3.63) is 0 Å². The predicted molar refractivity (Wildman–Crippen MR) is 43.8 cm³/mol. The fourth-order valence-corrected chi connectivity index (χ4v) is 0.596. The van der Waals surface area contributed by atoms with E-state index in [2.05, 4.69) is 21.7 Å². The molecule has 0 heterocycles. The van der Waals surface area contributed by atoms with Gasteiger partial charge in [0.05, 0.1) is 0 Å². The largest absolute Gasteiger partial charge is 0.396 e. The summed E-state index contributed by atoms with van der Waals surface area (Å²) in [5.74, 6) is 0. The SMILES string of the molecule is C=NOCCCCC=NC. The van der Waals surface area contributed by atoms with Gasteiger partial charge in [0.15, 0.2) is 0 Å². The van der Waals surface area contributed by atoms with Gasteiger partial charge in [-0.25, -0.2) is 0 Å². The predicted octanol–water partition coefficient (Wildman–Crippen LogP) is 1.49. The van der Waals surface area contributed by atoms with Gasteiger partial charge in [-0.05, 0) is 25.5 Å². The highest BCUT2D eigenvalue weighted by Crippen LogP contribution is 1.92. The Bertz CT molecular complexity index is 102. The van der Waals surface area contributed by atoms with Gasteiger partial charge >= 0.3 is 0 Å². The minimum atomic E-state index is 0.668. The Morgan fingerprint density at radius 3 is 2.90 bits per heavy atom. The van der Waals surface area contributed by atoms with Crippen LogP contribution < -0.4 is 0 Å². The zero-order chi connectivity index (χ0) is 7.66. The Labute approximate surface area is 61.8 Å². The molecule has 0 aliphatic rings. The first-order chi connectivity index (χ1) is 4.91. The topological polar surface area (TPSA) is 34.0 Å². The van der Waals surface area contributed by atoms with Crippen molar-refractivity contribution in [2.75, 3.05) is 13.7 Å². The number of oxime groups is 1. The summed E-state index contributed by atoms with van der Waals surface area (Å²) in [4.78, 5) is 8.53. The summed E-state index contributed by atoms with van der Waals surface area (Å²) in [6.07, 6.45) is 5.05. The maximum Gasteiger partial charge on any atom is 0.117 e. The van der Waals surface area contributed by atoms with Crippen molar-refractivity contribution in [3.8, 4) is 0 Å². The van der Waals surface area contributed by atoms with Crippen LogP contribution in [0.15, 0.2) is 10.1 Å². The summed E-state index contributed by atoms with van der Waals surface area (Å²) >= 11 is 0. The van der Waals surface area contributed by atoms with Crippen LogP contribution in [0.1, 0.15) is 19.3 Å². The molecule has 0 aliphatic carbocycles. The van der Waals surface area contributed by atoms with E-state index >= 15 is 0 Å². The van der Waals surface area contributed by atoms with Crippen LogP contribution >= 0.6 is 0 Å². The lowest BCUT2D eigenvalue weighted by Crippen LogP contribution is -1.87. The van der Waals surface area contributed by atoms with Crippen LogP contribution in [0.25, 0.3) is 0 Å². The van der Waals surface area contributed by atoms with Gasteiger partial charge in [-0.15, -0.1) is 5.16 Å². The number of hydrogen-bond donors (Lipinski definition) is 0. The van der Waals surface area contributed by atoms with Crippen LogP contribution in [0.5, 0.6) is 0 Å². The molecule has 0 amide bonds. The monoisotopic (exact) mass is 142 g/mol. The van der Waals surface area contributed by atoms with E-state index < -0.39 is 0 Å². The smallest absolute Gasteiger partial charge is 0.117 e. The third-order valence-electron chi connectivity index (χ3n) is 1.09. The van der Waals surface area contributed by atoms with E-state index in [1.807, 2.05) is 6.21 Å². The Hall–Kier alpha value is -0.860. The fourth-order valence-electron chi connectivity index (χ4n) is 0.596. The number of nitrogens with zero attached hydrogens (tertiary/aromatic N) is 2. The molecule has 3 nitrogen and oxygen atoms in total. The second-order valence-electron chi connectivity index (χ2n) is 1.90. The van der Waals surface area contributed by atoms with Gasteiger partial charge in [0, 0.05) is 13.8 Å². The van der Waals surface area contributed by atoms with Crippen LogP contribution in [0.3, 0.4) is 0 Å². The van der Waals surface area contributed by atoms with Gasteiger partial charge in [-0.1, -0.05) is 0 Å². The lowest BCUT2D eigenvalue weighted by molar-refractivity contribution is 0.143. The molecule has 0 spiro atoms. The molecule has 0 aromatic heterocycles. The van der Waals surface area contributed by atoms with E-state index in [0.29, 0.717) is 6.61 Å². The van der Waals surface area contributed by atoms with Crippen molar-refractivity contribution in [3.63, 3.8) is 0 Å². The van der Waals surface area contributed by atoms with Crippen LogP contribution in [-0.2, 0) is 4.84 Å². The minimum absolute atomic E-state index is 0.668. The molecule has 3 heteroatoms.